The number of hydrogen-bond acceptors (Lipinski definition) is 5. The number of halogens is 1. The minimum Gasteiger partial charge on any atom is -0.494 e. The highest BCUT2D eigenvalue weighted by atomic mass is 35.5. The first-order valence-electron chi connectivity index (χ1n) is 15.3. The number of aryl methyl sites for hydroxylation is 1. The number of amides is 3. The Hall–Kier alpha value is -5.31. The van der Waals surface area contributed by atoms with Gasteiger partial charge in [-0.1, -0.05) is 84.4 Å². The van der Waals surface area contributed by atoms with Gasteiger partial charge in [-0.2, -0.15) is 0 Å². The summed E-state index contributed by atoms with van der Waals surface area (Å²) in [6.45, 7) is 4.34. The fourth-order valence-electron chi connectivity index (χ4n) is 4.75. The van der Waals surface area contributed by atoms with Crippen LogP contribution in [0.25, 0.3) is 6.08 Å². The van der Waals surface area contributed by atoms with Crippen LogP contribution in [-0.4, -0.2) is 24.3 Å². The van der Waals surface area contributed by atoms with Crippen LogP contribution in [0.15, 0.2) is 138 Å². The van der Waals surface area contributed by atoms with E-state index in [9.17, 15) is 14.4 Å². The van der Waals surface area contributed by atoms with E-state index in [2.05, 4.69) is 16.0 Å². The van der Waals surface area contributed by atoms with Crippen LogP contribution >= 0.6 is 23.4 Å². The van der Waals surface area contributed by atoms with Crippen LogP contribution in [0, 0.1) is 6.92 Å². The molecule has 5 aromatic carbocycles. The molecule has 7 nitrogen and oxygen atoms in total. The minimum atomic E-state index is -0.601. The largest absolute Gasteiger partial charge is 0.494 e. The third kappa shape index (κ3) is 9.37. The molecule has 0 heterocycles. The highest BCUT2D eigenvalue weighted by Gasteiger charge is 2.23. The van der Waals surface area contributed by atoms with Crippen LogP contribution in [0.3, 0.4) is 0 Å². The number of anilines is 2. The van der Waals surface area contributed by atoms with Crippen LogP contribution < -0.4 is 20.7 Å². The van der Waals surface area contributed by atoms with E-state index in [0.717, 1.165) is 16.0 Å². The molecule has 0 aliphatic rings. The molecule has 3 amide bonds. The monoisotopic (exact) mass is 675 g/mol. The number of thioether (sulfide) groups is 1. The van der Waals surface area contributed by atoms with E-state index in [-0.39, 0.29) is 11.6 Å². The van der Waals surface area contributed by atoms with Gasteiger partial charge >= 0.3 is 0 Å². The maximum Gasteiger partial charge on any atom is 0.272 e. The number of carbonyl (C=O) groups is 3. The van der Waals surface area contributed by atoms with Crippen molar-refractivity contribution in [3.05, 3.63) is 160 Å². The molecule has 0 aliphatic carbocycles. The van der Waals surface area contributed by atoms with Gasteiger partial charge in [-0.3, -0.25) is 14.4 Å². The Bertz CT molecular complexity index is 1920. The fraction of sp³-hybridized carbons (Fsp3) is 0.103. The van der Waals surface area contributed by atoms with E-state index in [1.807, 2.05) is 74.5 Å². The first kappa shape index (κ1) is 34.0. The second kappa shape index (κ2) is 16.5. The summed E-state index contributed by atoms with van der Waals surface area (Å²) in [5.74, 6) is -0.438. The molecule has 3 N–H and O–H groups in total. The number of benzene rings is 5. The van der Waals surface area contributed by atoms with Gasteiger partial charge in [0.15, 0.2) is 0 Å². The Morgan fingerprint density at radius 1 is 0.812 bits per heavy atom. The molecule has 1 atom stereocenters. The zero-order valence-corrected chi connectivity index (χ0v) is 28.0. The smallest absolute Gasteiger partial charge is 0.272 e. The molecule has 242 valence electrons. The Morgan fingerprint density at radius 3 is 2.23 bits per heavy atom. The minimum absolute atomic E-state index is 0.0597. The molecule has 0 bridgehead atoms. The van der Waals surface area contributed by atoms with Crippen LogP contribution in [-0.2, 0) is 9.59 Å². The lowest BCUT2D eigenvalue weighted by Gasteiger charge is -2.19. The SMILES string of the molecule is CCOc1ccc(/C=C(/NC(=O)c2ccccc2)C(=O)Nc2cccc(SC(C(=O)Nc3cc(Cl)ccc3C)c3ccccc3)c2)cc1. The third-order valence-corrected chi connectivity index (χ3v) is 8.66. The lowest BCUT2D eigenvalue weighted by atomic mass is 10.1. The number of ether oxygens (including phenoxy) is 1. The highest BCUT2D eigenvalue weighted by Crippen LogP contribution is 2.37. The molecule has 0 saturated heterocycles. The Kier molecular flexibility index (Phi) is 11.7. The summed E-state index contributed by atoms with van der Waals surface area (Å²) >= 11 is 7.56. The molecule has 0 radical (unpaired) electrons. The summed E-state index contributed by atoms with van der Waals surface area (Å²) in [5.41, 5.74) is 4.02. The summed E-state index contributed by atoms with van der Waals surface area (Å²) in [6.07, 6.45) is 1.61. The Balaban J connectivity index is 1.38. The predicted molar refractivity (Wildman–Crippen MR) is 194 cm³/mol. The van der Waals surface area contributed by atoms with Gasteiger partial charge in [-0.25, -0.2) is 0 Å². The predicted octanol–water partition coefficient (Wildman–Crippen LogP) is 8.93. The van der Waals surface area contributed by atoms with Gasteiger partial charge in [0.05, 0.1) is 6.61 Å². The molecular weight excluding hydrogens is 642 g/mol. The van der Waals surface area contributed by atoms with Gasteiger partial charge < -0.3 is 20.7 Å². The summed E-state index contributed by atoms with van der Waals surface area (Å²) in [7, 11) is 0. The first-order chi connectivity index (χ1) is 23.3. The Morgan fingerprint density at radius 2 is 1.52 bits per heavy atom. The summed E-state index contributed by atoms with van der Waals surface area (Å²) < 4.78 is 5.53. The van der Waals surface area contributed by atoms with Gasteiger partial charge in [0, 0.05) is 26.9 Å². The molecule has 5 rings (SSSR count). The summed E-state index contributed by atoms with van der Waals surface area (Å²) in [4.78, 5) is 41.2. The first-order valence-corrected chi connectivity index (χ1v) is 16.6. The lowest BCUT2D eigenvalue weighted by Crippen LogP contribution is -2.30. The van der Waals surface area contributed by atoms with E-state index in [0.29, 0.717) is 39.9 Å². The number of nitrogens with one attached hydrogen (secondary N) is 3. The van der Waals surface area contributed by atoms with Crippen molar-refractivity contribution in [1.29, 1.82) is 0 Å². The summed E-state index contributed by atoms with van der Waals surface area (Å²) in [6, 6.07) is 38.0. The molecular formula is C39H34ClN3O4S. The van der Waals surface area contributed by atoms with Gasteiger partial charge in [-0.05, 0) is 91.2 Å². The van der Waals surface area contributed by atoms with E-state index in [4.69, 9.17) is 16.3 Å². The van der Waals surface area contributed by atoms with Crippen molar-refractivity contribution in [1.82, 2.24) is 5.32 Å². The number of hydrogen-bond donors (Lipinski definition) is 3. The van der Waals surface area contributed by atoms with Crippen molar-refractivity contribution in [3.8, 4) is 5.75 Å². The van der Waals surface area contributed by atoms with E-state index >= 15 is 0 Å². The maximum atomic E-state index is 13.7. The second-order valence-electron chi connectivity index (χ2n) is 10.7. The van der Waals surface area contributed by atoms with Crippen molar-refractivity contribution < 1.29 is 19.1 Å². The van der Waals surface area contributed by atoms with Gasteiger partial charge in [0.1, 0.15) is 16.7 Å². The lowest BCUT2D eigenvalue weighted by molar-refractivity contribution is -0.116. The van der Waals surface area contributed by atoms with Gasteiger partial charge in [-0.15, -0.1) is 11.8 Å². The van der Waals surface area contributed by atoms with Crippen LogP contribution in [0.4, 0.5) is 11.4 Å². The van der Waals surface area contributed by atoms with Crippen LogP contribution in [0.5, 0.6) is 5.75 Å². The standard InChI is InChI=1S/C39H34ClN3O4S/c1-3-47-32-21-18-27(19-22-32)23-35(43-37(44)29-13-8-5-9-14-29)38(45)41-31-15-10-16-33(25-31)48-36(28-11-6-4-7-12-28)39(46)42-34-24-30(40)20-17-26(34)2/h4-25,36H,3H2,1-2H3,(H,41,45)(H,42,46)(H,43,44)/b35-23+. The van der Waals surface area contributed by atoms with Crippen molar-refractivity contribution in [2.75, 3.05) is 17.2 Å². The van der Waals surface area contributed by atoms with Crippen LogP contribution in [0.1, 0.15) is 39.2 Å². The van der Waals surface area contributed by atoms with Gasteiger partial charge in [0.2, 0.25) is 5.91 Å². The Labute approximate surface area is 289 Å². The van der Waals surface area contributed by atoms with Crippen molar-refractivity contribution in [2.24, 2.45) is 0 Å². The maximum absolute atomic E-state index is 13.7. The molecule has 0 spiro atoms. The molecule has 5 aromatic rings. The summed E-state index contributed by atoms with van der Waals surface area (Å²) in [5, 5.41) is 8.63. The fourth-order valence-corrected chi connectivity index (χ4v) is 6.00. The van der Waals surface area contributed by atoms with Crippen LogP contribution in [0.2, 0.25) is 5.02 Å². The molecule has 1 unspecified atom stereocenters. The average Bonchev–Trinajstić information content (AvgIpc) is 3.10. The van der Waals surface area contributed by atoms with E-state index in [1.165, 1.54) is 11.8 Å². The zero-order valence-electron chi connectivity index (χ0n) is 26.4. The third-order valence-electron chi connectivity index (χ3n) is 7.17. The van der Waals surface area contributed by atoms with E-state index in [1.54, 1.807) is 72.8 Å². The molecule has 0 aromatic heterocycles. The van der Waals surface area contributed by atoms with Crippen molar-refractivity contribution in [2.45, 2.75) is 24.0 Å². The molecule has 9 heteroatoms. The number of carbonyl (C=O) groups excluding carboxylic acids is 3. The zero-order chi connectivity index (χ0) is 33.9. The quantitative estimate of drug-likeness (QED) is 0.0907. The average molecular weight is 676 g/mol. The molecule has 48 heavy (non-hydrogen) atoms. The molecule has 0 saturated carbocycles. The topological polar surface area (TPSA) is 96.5 Å². The number of rotatable bonds is 12. The van der Waals surface area contributed by atoms with Crippen molar-refractivity contribution in [3.63, 3.8) is 0 Å². The van der Waals surface area contributed by atoms with E-state index < -0.39 is 17.1 Å². The normalized spacial score (nSPS) is 11.7. The molecule has 0 fully saturated rings. The van der Waals surface area contributed by atoms with Gasteiger partial charge in [0.25, 0.3) is 11.8 Å². The van der Waals surface area contributed by atoms with Crippen molar-refractivity contribution >= 4 is 58.5 Å². The highest BCUT2D eigenvalue weighted by molar-refractivity contribution is 8.00. The molecule has 0 aliphatic heterocycles. The second-order valence-corrected chi connectivity index (χ2v) is 12.3.